The van der Waals surface area contributed by atoms with Gasteiger partial charge in [0.05, 0.1) is 0 Å². The topological polar surface area (TPSA) is 69.6 Å². The minimum atomic E-state index is -0.210. The van der Waals surface area contributed by atoms with Gasteiger partial charge >= 0.3 is 0 Å². The maximum absolute atomic E-state index is 12.4. The van der Waals surface area contributed by atoms with E-state index in [0.29, 0.717) is 37.2 Å². The van der Waals surface area contributed by atoms with E-state index in [1.54, 1.807) is 29.2 Å². The van der Waals surface area contributed by atoms with Crippen LogP contribution < -0.4 is 5.32 Å². The third-order valence-corrected chi connectivity index (χ3v) is 3.02. The van der Waals surface area contributed by atoms with Crippen molar-refractivity contribution < 1.29 is 14.7 Å². The van der Waals surface area contributed by atoms with Gasteiger partial charge in [0.25, 0.3) is 5.91 Å². The molecule has 20 heavy (non-hydrogen) atoms. The van der Waals surface area contributed by atoms with Crippen LogP contribution in [0.1, 0.15) is 22.3 Å². The number of benzene rings is 1. The molecular formula is C15H16N2O3. The molecule has 0 bridgehead atoms. The largest absolute Gasteiger partial charge is 0.384 e. The van der Waals surface area contributed by atoms with Crippen LogP contribution in [0.2, 0.25) is 0 Å². The average Bonchev–Trinajstić information content (AvgIpc) is 2.69. The first-order chi connectivity index (χ1) is 9.70. The lowest BCUT2D eigenvalue weighted by Crippen LogP contribution is -2.34. The van der Waals surface area contributed by atoms with Crippen LogP contribution in [0.25, 0.3) is 0 Å². The van der Waals surface area contributed by atoms with Gasteiger partial charge < -0.3 is 15.3 Å². The fraction of sp³-hybridized carbons (Fsp3) is 0.333. The molecule has 0 radical (unpaired) electrons. The Kier molecular flexibility index (Phi) is 4.75. The first kappa shape index (κ1) is 14.1. The van der Waals surface area contributed by atoms with Crippen molar-refractivity contribution in [1.29, 1.82) is 0 Å². The van der Waals surface area contributed by atoms with Crippen molar-refractivity contribution in [3.63, 3.8) is 0 Å². The van der Waals surface area contributed by atoms with E-state index in [0.717, 1.165) is 0 Å². The zero-order valence-corrected chi connectivity index (χ0v) is 11.1. The maximum atomic E-state index is 12.4. The molecule has 5 nitrogen and oxygen atoms in total. The molecule has 0 aliphatic carbocycles. The quantitative estimate of drug-likeness (QED) is 0.707. The van der Waals surface area contributed by atoms with Crippen LogP contribution in [0.15, 0.2) is 24.3 Å². The smallest absolute Gasteiger partial charge is 0.253 e. The van der Waals surface area contributed by atoms with Crippen LogP contribution >= 0.6 is 0 Å². The summed E-state index contributed by atoms with van der Waals surface area (Å²) in [6.07, 6.45) is 0.329. The van der Waals surface area contributed by atoms with Crippen LogP contribution in [-0.2, 0) is 4.79 Å². The summed E-state index contributed by atoms with van der Waals surface area (Å²) in [5.74, 6) is 5.20. The molecule has 0 unspecified atom stereocenters. The Balaban J connectivity index is 2.14. The number of nitrogens with one attached hydrogen (secondary N) is 1. The predicted octanol–water partition coefficient (Wildman–Crippen LogP) is -0.00750. The highest BCUT2D eigenvalue weighted by Crippen LogP contribution is 2.09. The third-order valence-electron chi connectivity index (χ3n) is 3.02. The lowest BCUT2D eigenvalue weighted by molar-refractivity contribution is -0.120. The minimum absolute atomic E-state index is 0.0251. The van der Waals surface area contributed by atoms with Gasteiger partial charge in [-0.15, -0.1) is 0 Å². The number of amides is 2. The van der Waals surface area contributed by atoms with Crippen LogP contribution in [0, 0.1) is 11.8 Å². The highest BCUT2D eigenvalue weighted by atomic mass is 16.2. The van der Waals surface area contributed by atoms with Gasteiger partial charge in [-0.25, -0.2) is 0 Å². The Hall–Kier alpha value is -2.32. The lowest BCUT2D eigenvalue weighted by atomic mass is 10.1. The van der Waals surface area contributed by atoms with Crippen molar-refractivity contribution in [2.75, 3.05) is 26.2 Å². The van der Waals surface area contributed by atoms with Crippen molar-refractivity contribution in [2.24, 2.45) is 0 Å². The fourth-order valence-corrected chi connectivity index (χ4v) is 2.02. The highest BCUT2D eigenvalue weighted by molar-refractivity contribution is 5.95. The normalized spacial score (nSPS) is 14.8. The standard InChI is InChI=1S/C15H16N2O3/c18-10-2-4-12-3-1-5-13(11-12)15(20)17-8-6-14(19)16-7-9-17/h1,3,5,11,18H,6-10H2,(H,16,19). The Morgan fingerprint density at radius 3 is 3.05 bits per heavy atom. The molecule has 0 spiro atoms. The Morgan fingerprint density at radius 1 is 1.40 bits per heavy atom. The number of carbonyl (C=O) groups excluding carboxylic acids is 2. The molecule has 5 heteroatoms. The van der Waals surface area contributed by atoms with Crippen molar-refractivity contribution in [3.8, 4) is 11.8 Å². The molecule has 1 aromatic carbocycles. The summed E-state index contributed by atoms with van der Waals surface area (Å²) in [7, 11) is 0. The summed E-state index contributed by atoms with van der Waals surface area (Å²) < 4.78 is 0. The van der Waals surface area contributed by atoms with Crippen LogP contribution in [0.3, 0.4) is 0 Å². The van der Waals surface area contributed by atoms with Gasteiger partial charge in [0.15, 0.2) is 0 Å². The molecule has 2 amide bonds. The second-order valence-electron chi connectivity index (χ2n) is 4.43. The number of aliphatic hydroxyl groups is 1. The zero-order chi connectivity index (χ0) is 14.4. The first-order valence-corrected chi connectivity index (χ1v) is 6.46. The van der Waals surface area contributed by atoms with Crippen LogP contribution in [-0.4, -0.2) is 48.1 Å². The summed E-state index contributed by atoms with van der Waals surface area (Å²) in [6.45, 7) is 1.21. The lowest BCUT2D eigenvalue weighted by Gasteiger charge is -2.19. The van der Waals surface area contributed by atoms with Gasteiger partial charge in [-0.3, -0.25) is 9.59 Å². The van der Waals surface area contributed by atoms with E-state index in [2.05, 4.69) is 17.2 Å². The second-order valence-corrected chi connectivity index (χ2v) is 4.43. The summed E-state index contributed by atoms with van der Waals surface area (Å²) in [4.78, 5) is 25.3. The second kappa shape index (κ2) is 6.73. The molecular weight excluding hydrogens is 256 g/mol. The molecule has 0 saturated carbocycles. The van der Waals surface area contributed by atoms with E-state index < -0.39 is 0 Å². The molecule has 1 aliphatic heterocycles. The number of hydrogen-bond acceptors (Lipinski definition) is 3. The summed E-state index contributed by atoms with van der Waals surface area (Å²) >= 11 is 0. The molecule has 2 N–H and O–H groups in total. The molecule has 1 heterocycles. The van der Waals surface area contributed by atoms with E-state index in [-0.39, 0.29) is 18.4 Å². The molecule has 2 rings (SSSR count). The van der Waals surface area contributed by atoms with Crippen molar-refractivity contribution >= 4 is 11.8 Å². The molecule has 1 aliphatic rings. The average molecular weight is 272 g/mol. The van der Waals surface area contributed by atoms with Gasteiger partial charge in [0.1, 0.15) is 6.61 Å². The van der Waals surface area contributed by atoms with Gasteiger partial charge in [-0.05, 0) is 18.2 Å². The Labute approximate surface area is 117 Å². The first-order valence-electron chi connectivity index (χ1n) is 6.46. The van der Waals surface area contributed by atoms with Gasteiger partial charge in [0.2, 0.25) is 5.91 Å². The summed E-state index contributed by atoms with van der Waals surface area (Å²) in [5, 5.41) is 11.4. The van der Waals surface area contributed by atoms with Crippen molar-refractivity contribution in [3.05, 3.63) is 35.4 Å². The Morgan fingerprint density at radius 2 is 2.25 bits per heavy atom. The molecule has 1 aromatic rings. The van der Waals surface area contributed by atoms with E-state index in [9.17, 15) is 9.59 Å². The third kappa shape index (κ3) is 3.59. The van der Waals surface area contributed by atoms with E-state index in [4.69, 9.17) is 5.11 Å². The highest BCUT2D eigenvalue weighted by Gasteiger charge is 2.19. The van der Waals surface area contributed by atoms with E-state index in [1.807, 2.05) is 0 Å². The number of carbonyl (C=O) groups is 2. The molecule has 1 fully saturated rings. The summed E-state index contributed by atoms with van der Waals surface area (Å²) in [6, 6.07) is 6.97. The number of rotatable bonds is 1. The molecule has 1 saturated heterocycles. The molecule has 0 atom stereocenters. The van der Waals surface area contributed by atoms with Gasteiger partial charge in [0, 0.05) is 37.2 Å². The fourth-order valence-electron chi connectivity index (χ4n) is 2.02. The van der Waals surface area contributed by atoms with E-state index >= 15 is 0 Å². The van der Waals surface area contributed by atoms with Crippen molar-refractivity contribution in [2.45, 2.75) is 6.42 Å². The maximum Gasteiger partial charge on any atom is 0.253 e. The van der Waals surface area contributed by atoms with E-state index in [1.165, 1.54) is 0 Å². The summed E-state index contributed by atoms with van der Waals surface area (Å²) in [5.41, 5.74) is 1.23. The monoisotopic (exact) mass is 272 g/mol. The molecule has 0 aromatic heterocycles. The number of nitrogens with zero attached hydrogens (tertiary/aromatic N) is 1. The Bertz CT molecular complexity index is 572. The molecule has 104 valence electrons. The van der Waals surface area contributed by atoms with Crippen LogP contribution in [0.5, 0.6) is 0 Å². The minimum Gasteiger partial charge on any atom is -0.384 e. The van der Waals surface area contributed by atoms with Crippen molar-refractivity contribution in [1.82, 2.24) is 10.2 Å². The van der Waals surface area contributed by atoms with Gasteiger partial charge in [-0.2, -0.15) is 0 Å². The SMILES string of the molecule is O=C1CCN(C(=O)c2cccc(C#CCO)c2)CCN1. The number of aliphatic hydroxyl groups excluding tert-OH is 1. The zero-order valence-electron chi connectivity index (χ0n) is 11.1. The number of hydrogen-bond donors (Lipinski definition) is 2. The van der Waals surface area contributed by atoms with Gasteiger partial charge in [-0.1, -0.05) is 17.9 Å². The predicted molar refractivity (Wildman–Crippen MR) is 73.9 cm³/mol. The van der Waals surface area contributed by atoms with Crippen LogP contribution in [0.4, 0.5) is 0 Å².